The van der Waals surface area contributed by atoms with Crippen molar-refractivity contribution in [2.75, 3.05) is 38.6 Å². The Morgan fingerprint density at radius 1 is 1.48 bits per heavy atom. The summed E-state index contributed by atoms with van der Waals surface area (Å²) in [5.74, 6) is 0.713. The minimum atomic E-state index is -0.00442. The van der Waals surface area contributed by atoms with E-state index >= 15 is 0 Å². The zero-order valence-corrected chi connectivity index (χ0v) is 12.9. The number of piperidine rings is 1. The molecular weight excluding hydrogens is 266 g/mol. The van der Waals surface area contributed by atoms with Crippen molar-refractivity contribution in [3.05, 3.63) is 24.3 Å². The highest BCUT2D eigenvalue weighted by molar-refractivity contribution is 5.93. The fourth-order valence-electron chi connectivity index (χ4n) is 2.61. The molecule has 2 rings (SSSR count). The second kappa shape index (κ2) is 8.00. The third kappa shape index (κ3) is 4.72. The van der Waals surface area contributed by atoms with Gasteiger partial charge in [0.2, 0.25) is 5.91 Å². The Morgan fingerprint density at radius 2 is 2.29 bits per heavy atom. The molecule has 1 unspecified atom stereocenters. The minimum Gasteiger partial charge on any atom is -0.492 e. The molecule has 0 spiro atoms. The van der Waals surface area contributed by atoms with Gasteiger partial charge in [-0.2, -0.15) is 0 Å². The molecule has 0 saturated carbocycles. The van der Waals surface area contributed by atoms with E-state index in [0.717, 1.165) is 30.9 Å². The van der Waals surface area contributed by atoms with E-state index in [1.807, 2.05) is 38.2 Å². The van der Waals surface area contributed by atoms with E-state index in [0.29, 0.717) is 19.2 Å². The molecule has 0 bridgehead atoms. The molecule has 1 aromatic rings. The number of nitrogens with one attached hydrogen (secondary N) is 2. The first-order valence-electron chi connectivity index (χ1n) is 7.63. The molecule has 5 heteroatoms. The molecule has 1 heterocycles. The van der Waals surface area contributed by atoms with Crippen LogP contribution < -0.4 is 15.4 Å². The molecule has 1 aliphatic heterocycles. The number of benzene rings is 1. The molecule has 1 aromatic carbocycles. The fourth-order valence-corrected chi connectivity index (χ4v) is 2.61. The van der Waals surface area contributed by atoms with E-state index in [4.69, 9.17) is 4.74 Å². The number of hydrogen-bond donors (Lipinski definition) is 2. The number of nitrogens with zero attached hydrogens (tertiary/aromatic N) is 1. The van der Waals surface area contributed by atoms with Crippen molar-refractivity contribution >= 4 is 11.6 Å². The van der Waals surface area contributed by atoms with Gasteiger partial charge in [-0.1, -0.05) is 12.1 Å². The number of para-hydroxylation sites is 2. The largest absolute Gasteiger partial charge is 0.492 e. The lowest BCUT2D eigenvalue weighted by Crippen LogP contribution is -2.46. The zero-order valence-electron chi connectivity index (χ0n) is 12.9. The lowest BCUT2D eigenvalue weighted by molar-refractivity contribution is -0.117. The van der Waals surface area contributed by atoms with Crippen LogP contribution in [0.15, 0.2) is 24.3 Å². The van der Waals surface area contributed by atoms with Gasteiger partial charge in [-0.25, -0.2) is 0 Å². The molecule has 5 nitrogen and oxygen atoms in total. The summed E-state index contributed by atoms with van der Waals surface area (Å²) in [5, 5.41) is 6.31. The van der Waals surface area contributed by atoms with Crippen molar-refractivity contribution in [2.45, 2.75) is 25.8 Å². The van der Waals surface area contributed by atoms with Gasteiger partial charge in [0, 0.05) is 12.6 Å². The summed E-state index contributed by atoms with van der Waals surface area (Å²) in [7, 11) is 2.01. The molecule has 21 heavy (non-hydrogen) atoms. The number of likely N-dealkylation sites (N-methyl/N-ethyl adjacent to an activating group) is 1. The second-order valence-corrected chi connectivity index (χ2v) is 5.39. The Balaban J connectivity index is 1.89. The number of ether oxygens (including phenoxy) is 1. The molecule has 116 valence electrons. The van der Waals surface area contributed by atoms with Gasteiger partial charge in [0.25, 0.3) is 0 Å². The molecule has 2 N–H and O–H groups in total. The number of amides is 1. The Labute approximate surface area is 126 Å². The van der Waals surface area contributed by atoms with Crippen molar-refractivity contribution in [2.24, 2.45) is 0 Å². The third-order valence-electron chi connectivity index (χ3n) is 3.75. The molecule has 1 saturated heterocycles. The lowest BCUT2D eigenvalue weighted by atomic mass is 10.1. The Hall–Kier alpha value is -1.59. The van der Waals surface area contributed by atoms with Crippen LogP contribution >= 0.6 is 0 Å². The first kappa shape index (κ1) is 15.8. The predicted octanol–water partition coefficient (Wildman–Crippen LogP) is 1.71. The molecule has 1 atom stereocenters. The van der Waals surface area contributed by atoms with Gasteiger partial charge in [-0.05, 0) is 45.5 Å². The molecule has 0 aliphatic carbocycles. The maximum absolute atomic E-state index is 12.2. The van der Waals surface area contributed by atoms with Gasteiger partial charge in [-0.3, -0.25) is 9.69 Å². The SMILES string of the molecule is CCOc1ccccc1NC(=O)CN(C)C1CCCNC1. The van der Waals surface area contributed by atoms with Crippen LogP contribution in [-0.4, -0.2) is 50.1 Å². The minimum absolute atomic E-state index is 0.00442. The summed E-state index contributed by atoms with van der Waals surface area (Å²) >= 11 is 0. The quantitative estimate of drug-likeness (QED) is 0.838. The Kier molecular flexibility index (Phi) is 6.02. The van der Waals surface area contributed by atoms with Crippen LogP contribution in [0.3, 0.4) is 0 Å². The van der Waals surface area contributed by atoms with Crippen LogP contribution in [0.2, 0.25) is 0 Å². The van der Waals surface area contributed by atoms with Crippen molar-refractivity contribution in [1.82, 2.24) is 10.2 Å². The van der Waals surface area contributed by atoms with Crippen LogP contribution in [0.5, 0.6) is 5.75 Å². The van der Waals surface area contributed by atoms with E-state index in [1.165, 1.54) is 6.42 Å². The molecule has 1 fully saturated rings. The summed E-state index contributed by atoms with van der Waals surface area (Å²) in [6, 6.07) is 7.97. The first-order chi connectivity index (χ1) is 10.2. The highest BCUT2D eigenvalue weighted by Crippen LogP contribution is 2.23. The summed E-state index contributed by atoms with van der Waals surface area (Å²) in [5.41, 5.74) is 0.736. The highest BCUT2D eigenvalue weighted by Gasteiger charge is 2.19. The Bertz CT molecular complexity index is 459. The van der Waals surface area contributed by atoms with Crippen LogP contribution in [0.25, 0.3) is 0 Å². The number of carbonyl (C=O) groups excluding carboxylic acids is 1. The van der Waals surface area contributed by atoms with Gasteiger partial charge in [-0.15, -0.1) is 0 Å². The molecule has 0 aromatic heterocycles. The molecule has 0 radical (unpaired) electrons. The third-order valence-corrected chi connectivity index (χ3v) is 3.75. The number of anilines is 1. The van der Waals surface area contributed by atoms with Crippen LogP contribution in [0.1, 0.15) is 19.8 Å². The van der Waals surface area contributed by atoms with Gasteiger partial charge in [0.1, 0.15) is 5.75 Å². The molecule has 1 aliphatic rings. The van der Waals surface area contributed by atoms with Gasteiger partial charge in [0.15, 0.2) is 0 Å². The van der Waals surface area contributed by atoms with Crippen molar-refractivity contribution in [3.8, 4) is 5.75 Å². The van der Waals surface area contributed by atoms with Crippen LogP contribution in [-0.2, 0) is 4.79 Å². The number of rotatable bonds is 6. The Morgan fingerprint density at radius 3 is 3.00 bits per heavy atom. The molecular formula is C16H25N3O2. The average molecular weight is 291 g/mol. The fraction of sp³-hybridized carbons (Fsp3) is 0.562. The second-order valence-electron chi connectivity index (χ2n) is 5.39. The van der Waals surface area contributed by atoms with Gasteiger partial charge >= 0.3 is 0 Å². The van der Waals surface area contributed by atoms with E-state index in [9.17, 15) is 4.79 Å². The molecule has 1 amide bonds. The van der Waals surface area contributed by atoms with Crippen molar-refractivity contribution in [1.29, 1.82) is 0 Å². The first-order valence-corrected chi connectivity index (χ1v) is 7.63. The van der Waals surface area contributed by atoms with E-state index < -0.39 is 0 Å². The highest BCUT2D eigenvalue weighted by atomic mass is 16.5. The van der Waals surface area contributed by atoms with Crippen LogP contribution in [0.4, 0.5) is 5.69 Å². The summed E-state index contributed by atoms with van der Waals surface area (Å²) < 4.78 is 5.52. The summed E-state index contributed by atoms with van der Waals surface area (Å²) in [6.07, 6.45) is 2.32. The average Bonchev–Trinajstić information content (AvgIpc) is 2.50. The van der Waals surface area contributed by atoms with Gasteiger partial charge < -0.3 is 15.4 Å². The monoisotopic (exact) mass is 291 g/mol. The van der Waals surface area contributed by atoms with Gasteiger partial charge in [0.05, 0.1) is 18.8 Å². The van der Waals surface area contributed by atoms with Crippen molar-refractivity contribution in [3.63, 3.8) is 0 Å². The topological polar surface area (TPSA) is 53.6 Å². The summed E-state index contributed by atoms with van der Waals surface area (Å²) in [6.45, 7) is 4.95. The van der Waals surface area contributed by atoms with E-state index in [2.05, 4.69) is 15.5 Å². The normalized spacial score (nSPS) is 18.5. The maximum atomic E-state index is 12.2. The number of carbonyl (C=O) groups is 1. The predicted molar refractivity (Wildman–Crippen MR) is 84.8 cm³/mol. The van der Waals surface area contributed by atoms with E-state index in [-0.39, 0.29) is 5.91 Å². The summed E-state index contributed by atoms with van der Waals surface area (Å²) in [4.78, 5) is 14.3. The van der Waals surface area contributed by atoms with Crippen molar-refractivity contribution < 1.29 is 9.53 Å². The number of hydrogen-bond acceptors (Lipinski definition) is 4. The standard InChI is InChI=1S/C16H25N3O2/c1-3-21-15-9-5-4-8-14(15)18-16(20)12-19(2)13-7-6-10-17-11-13/h4-5,8-9,13,17H,3,6-7,10-12H2,1-2H3,(H,18,20). The maximum Gasteiger partial charge on any atom is 0.238 e. The lowest BCUT2D eigenvalue weighted by Gasteiger charge is -2.31. The van der Waals surface area contributed by atoms with Crippen LogP contribution in [0, 0.1) is 0 Å². The van der Waals surface area contributed by atoms with E-state index in [1.54, 1.807) is 0 Å². The smallest absolute Gasteiger partial charge is 0.238 e. The zero-order chi connectivity index (χ0) is 15.1.